The topological polar surface area (TPSA) is 43.6 Å². The monoisotopic (exact) mass is 364 g/mol. The number of aryl methyl sites for hydroxylation is 1. The summed E-state index contributed by atoms with van der Waals surface area (Å²) >= 11 is 1.15. The fraction of sp³-hybridized carbons (Fsp3) is 0.353. The molecule has 0 atom stereocenters. The number of pyridine rings is 1. The summed E-state index contributed by atoms with van der Waals surface area (Å²) in [6.07, 6.45) is 0.756. The SMILES string of the molecule is FC(F)(F)c1c2c(nn1-c1nc(-c3ccccn3)cs1)CCCCC2. The molecule has 1 aliphatic carbocycles. The van der Waals surface area contributed by atoms with Crippen LogP contribution in [0.4, 0.5) is 13.2 Å². The minimum atomic E-state index is -4.46. The van der Waals surface area contributed by atoms with E-state index >= 15 is 0 Å². The summed E-state index contributed by atoms with van der Waals surface area (Å²) in [4.78, 5) is 8.55. The van der Waals surface area contributed by atoms with Gasteiger partial charge in [0, 0.05) is 17.1 Å². The van der Waals surface area contributed by atoms with Crippen molar-refractivity contribution in [2.45, 2.75) is 38.3 Å². The van der Waals surface area contributed by atoms with Crippen LogP contribution in [0.3, 0.4) is 0 Å². The normalized spacial score (nSPS) is 15.0. The van der Waals surface area contributed by atoms with Gasteiger partial charge in [-0.15, -0.1) is 11.3 Å². The molecule has 0 fully saturated rings. The Morgan fingerprint density at radius 1 is 1.04 bits per heavy atom. The minimum absolute atomic E-state index is 0.223. The van der Waals surface area contributed by atoms with E-state index in [0.29, 0.717) is 35.5 Å². The molecule has 0 saturated carbocycles. The molecule has 0 aromatic carbocycles. The molecule has 0 aliphatic heterocycles. The third kappa shape index (κ3) is 3.06. The molecule has 3 aromatic heterocycles. The standard InChI is InChI=1S/C17H15F3N4S/c18-17(19,20)15-11-6-2-1-3-7-12(11)23-24(15)16-22-14(10-25-16)13-8-4-5-9-21-13/h4-5,8-10H,1-3,6-7H2. The second kappa shape index (κ2) is 6.25. The number of thiazole rings is 1. The van der Waals surface area contributed by atoms with Gasteiger partial charge >= 0.3 is 6.18 Å². The number of aromatic nitrogens is 4. The molecule has 4 nitrogen and oxygen atoms in total. The average Bonchev–Trinajstić information content (AvgIpc) is 3.15. The molecule has 0 amide bonds. The zero-order valence-electron chi connectivity index (χ0n) is 13.3. The van der Waals surface area contributed by atoms with Crippen molar-refractivity contribution in [1.29, 1.82) is 0 Å². The van der Waals surface area contributed by atoms with Crippen molar-refractivity contribution in [3.05, 3.63) is 46.7 Å². The van der Waals surface area contributed by atoms with Crippen molar-refractivity contribution < 1.29 is 13.2 Å². The van der Waals surface area contributed by atoms with Crippen LogP contribution >= 0.6 is 11.3 Å². The number of hydrogen-bond donors (Lipinski definition) is 0. The second-order valence-electron chi connectivity index (χ2n) is 5.97. The predicted octanol–water partition coefficient (Wildman–Crippen LogP) is 4.68. The molecule has 130 valence electrons. The van der Waals surface area contributed by atoms with E-state index in [1.807, 2.05) is 6.07 Å². The van der Waals surface area contributed by atoms with Crippen molar-refractivity contribution >= 4 is 11.3 Å². The van der Waals surface area contributed by atoms with Gasteiger partial charge in [0.05, 0.1) is 11.4 Å². The molecule has 3 aromatic rings. The van der Waals surface area contributed by atoms with Gasteiger partial charge in [-0.1, -0.05) is 12.5 Å². The summed E-state index contributed by atoms with van der Waals surface area (Å²) < 4.78 is 42.1. The van der Waals surface area contributed by atoms with Crippen LogP contribution in [0, 0.1) is 0 Å². The zero-order chi connectivity index (χ0) is 17.4. The van der Waals surface area contributed by atoms with Crippen molar-refractivity contribution in [3.63, 3.8) is 0 Å². The Labute approximate surface area is 146 Å². The maximum Gasteiger partial charge on any atom is 0.433 e. The molecule has 0 bridgehead atoms. The quantitative estimate of drug-likeness (QED) is 0.620. The molecule has 3 heterocycles. The number of nitrogens with zero attached hydrogens (tertiary/aromatic N) is 4. The minimum Gasteiger partial charge on any atom is -0.255 e. The van der Waals surface area contributed by atoms with Crippen LogP contribution in [0.1, 0.15) is 36.2 Å². The van der Waals surface area contributed by atoms with E-state index in [2.05, 4.69) is 15.1 Å². The first-order chi connectivity index (χ1) is 12.0. The van der Waals surface area contributed by atoms with Crippen LogP contribution in [-0.2, 0) is 19.0 Å². The van der Waals surface area contributed by atoms with Crippen LogP contribution in [-0.4, -0.2) is 19.7 Å². The molecule has 0 unspecified atom stereocenters. The molecule has 25 heavy (non-hydrogen) atoms. The highest BCUT2D eigenvalue weighted by molar-refractivity contribution is 7.12. The highest BCUT2D eigenvalue weighted by Crippen LogP contribution is 2.38. The molecule has 8 heteroatoms. The van der Waals surface area contributed by atoms with E-state index in [1.165, 1.54) is 0 Å². The van der Waals surface area contributed by atoms with Crippen molar-refractivity contribution in [2.24, 2.45) is 0 Å². The van der Waals surface area contributed by atoms with Crippen LogP contribution in [0.25, 0.3) is 16.5 Å². The average molecular weight is 364 g/mol. The number of rotatable bonds is 2. The number of hydrogen-bond acceptors (Lipinski definition) is 4. The predicted molar refractivity (Wildman–Crippen MR) is 88.7 cm³/mol. The van der Waals surface area contributed by atoms with Gasteiger partial charge in [-0.25, -0.2) is 9.67 Å². The summed E-state index contributed by atoms with van der Waals surface area (Å²) in [5.74, 6) is 0. The second-order valence-corrected chi connectivity index (χ2v) is 6.81. The van der Waals surface area contributed by atoms with Gasteiger partial charge in [0.15, 0.2) is 5.69 Å². The van der Waals surface area contributed by atoms with Gasteiger partial charge in [0.2, 0.25) is 5.13 Å². The Morgan fingerprint density at radius 2 is 1.88 bits per heavy atom. The number of halogens is 3. The van der Waals surface area contributed by atoms with Gasteiger partial charge in [-0.2, -0.15) is 18.3 Å². The fourth-order valence-corrected chi connectivity index (χ4v) is 3.93. The molecule has 0 N–H and O–H groups in total. The Morgan fingerprint density at radius 3 is 2.64 bits per heavy atom. The maximum absolute atomic E-state index is 13.7. The highest BCUT2D eigenvalue weighted by atomic mass is 32.1. The first-order valence-corrected chi connectivity index (χ1v) is 8.97. The lowest BCUT2D eigenvalue weighted by atomic mass is 10.1. The summed E-state index contributed by atoms with van der Waals surface area (Å²) in [5, 5.41) is 6.21. The molecular formula is C17H15F3N4S. The van der Waals surface area contributed by atoms with Crippen LogP contribution in [0.15, 0.2) is 29.8 Å². The Hall–Kier alpha value is -2.22. The van der Waals surface area contributed by atoms with E-state index in [-0.39, 0.29) is 5.13 Å². The van der Waals surface area contributed by atoms with Crippen LogP contribution in [0.5, 0.6) is 0 Å². The molecule has 0 saturated heterocycles. The summed E-state index contributed by atoms with van der Waals surface area (Å²) in [5.41, 5.74) is 1.40. The van der Waals surface area contributed by atoms with Crippen LogP contribution in [0.2, 0.25) is 0 Å². The largest absolute Gasteiger partial charge is 0.433 e. The molecule has 1 aliphatic rings. The lowest BCUT2D eigenvalue weighted by Gasteiger charge is -2.10. The van der Waals surface area contributed by atoms with Gasteiger partial charge < -0.3 is 0 Å². The van der Waals surface area contributed by atoms with Crippen molar-refractivity contribution in [1.82, 2.24) is 19.7 Å². The maximum atomic E-state index is 13.7. The summed E-state index contributed by atoms with van der Waals surface area (Å²) in [6.45, 7) is 0. The van der Waals surface area contributed by atoms with Crippen LogP contribution < -0.4 is 0 Å². The van der Waals surface area contributed by atoms with E-state index in [0.717, 1.165) is 35.3 Å². The van der Waals surface area contributed by atoms with E-state index < -0.39 is 11.9 Å². The summed E-state index contributed by atoms with van der Waals surface area (Å²) in [6, 6.07) is 5.38. The molecular weight excluding hydrogens is 349 g/mol. The van der Waals surface area contributed by atoms with Gasteiger partial charge in [-0.05, 0) is 37.8 Å². The number of alkyl halides is 3. The third-order valence-corrected chi connectivity index (χ3v) is 5.09. The lowest BCUT2D eigenvalue weighted by Crippen LogP contribution is -2.15. The van der Waals surface area contributed by atoms with Gasteiger partial charge in [0.25, 0.3) is 0 Å². The highest BCUT2D eigenvalue weighted by Gasteiger charge is 2.41. The van der Waals surface area contributed by atoms with Crippen molar-refractivity contribution in [3.8, 4) is 16.5 Å². The Bertz CT molecular complexity index is 883. The molecule has 4 rings (SSSR count). The van der Waals surface area contributed by atoms with E-state index in [4.69, 9.17) is 0 Å². The lowest BCUT2D eigenvalue weighted by molar-refractivity contribution is -0.143. The first-order valence-electron chi connectivity index (χ1n) is 8.09. The first kappa shape index (κ1) is 16.3. The van der Waals surface area contributed by atoms with E-state index in [1.54, 1.807) is 23.7 Å². The van der Waals surface area contributed by atoms with E-state index in [9.17, 15) is 13.2 Å². The Balaban J connectivity index is 1.82. The fourth-order valence-electron chi connectivity index (χ4n) is 3.15. The van der Waals surface area contributed by atoms with Crippen molar-refractivity contribution in [2.75, 3.05) is 0 Å². The molecule has 0 radical (unpaired) electrons. The molecule has 0 spiro atoms. The zero-order valence-corrected chi connectivity index (χ0v) is 14.1. The Kier molecular flexibility index (Phi) is 4.07. The smallest absolute Gasteiger partial charge is 0.255 e. The summed E-state index contributed by atoms with van der Waals surface area (Å²) in [7, 11) is 0. The third-order valence-electron chi connectivity index (χ3n) is 4.28. The van der Waals surface area contributed by atoms with Gasteiger partial charge in [0.1, 0.15) is 5.69 Å². The number of fused-ring (bicyclic) bond motifs is 1. The van der Waals surface area contributed by atoms with Gasteiger partial charge in [-0.3, -0.25) is 4.98 Å².